The number of piperazine rings is 1. The normalized spacial score (nSPS) is 16.1. The average Bonchev–Trinajstić information content (AvgIpc) is 2.84. The Balaban J connectivity index is 0.00000648. The summed E-state index contributed by atoms with van der Waals surface area (Å²) in [5, 5.41) is 0. The van der Waals surface area contributed by atoms with Gasteiger partial charge in [0, 0.05) is 5.56 Å². The van der Waals surface area contributed by atoms with Crippen LogP contribution in [0.1, 0.15) is 115 Å². The first kappa shape index (κ1) is 33.6. The number of benzene rings is 1. The van der Waals surface area contributed by atoms with E-state index in [0.29, 0.717) is 18.8 Å². The van der Waals surface area contributed by atoms with E-state index in [9.17, 15) is 8.42 Å². The molecule has 36 heavy (non-hydrogen) atoms. The molecule has 1 aliphatic heterocycles. The Labute approximate surface area is 234 Å². The van der Waals surface area contributed by atoms with Gasteiger partial charge in [-0.3, -0.25) is 0 Å². The average molecular weight is 588 g/mol. The van der Waals surface area contributed by atoms with Crippen LogP contribution in [0.2, 0.25) is 0 Å². The van der Waals surface area contributed by atoms with Gasteiger partial charge < -0.3 is 21.5 Å². The monoisotopic (exact) mass is 586 g/mol. The Morgan fingerprint density at radius 1 is 0.694 bits per heavy atom. The second kappa shape index (κ2) is 19.6. The van der Waals surface area contributed by atoms with Crippen LogP contribution in [0, 0.1) is 0 Å². The quantitative estimate of drug-likeness (QED) is 0.166. The van der Waals surface area contributed by atoms with Crippen molar-refractivity contribution in [2.45, 2.75) is 116 Å². The van der Waals surface area contributed by atoms with E-state index in [-0.39, 0.29) is 17.0 Å². The molecule has 1 heterocycles. The molecule has 1 saturated heterocycles. The molecule has 0 aliphatic carbocycles. The van der Waals surface area contributed by atoms with Gasteiger partial charge in [-0.05, 0) is 6.42 Å². The Morgan fingerprint density at radius 2 is 1.11 bits per heavy atom. The van der Waals surface area contributed by atoms with Gasteiger partial charge in [0.2, 0.25) is 10.0 Å². The largest absolute Gasteiger partial charge is 1.00 e. The molecular weight excluding hydrogens is 532 g/mol. The Kier molecular flexibility index (Phi) is 18.3. The van der Waals surface area contributed by atoms with E-state index in [0.717, 1.165) is 37.0 Å². The third-order valence-corrected chi connectivity index (χ3v) is 9.79. The Hall–Kier alpha value is -0.430. The van der Waals surface area contributed by atoms with Crippen LogP contribution >= 0.6 is 0 Å². The van der Waals surface area contributed by atoms with E-state index < -0.39 is 10.0 Å². The zero-order valence-corrected chi connectivity index (χ0v) is 25.8. The topological polar surface area (TPSA) is 37.4 Å². The minimum atomic E-state index is -3.10. The number of hydrogen-bond donors (Lipinski definition) is 0. The molecule has 6 heteroatoms. The van der Waals surface area contributed by atoms with Crippen LogP contribution in [0.4, 0.5) is 0 Å². The van der Waals surface area contributed by atoms with E-state index in [1.807, 2.05) is 6.07 Å². The number of sulfonamides is 1. The highest BCUT2D eigenvalue weighted by atomic mass is 79.9. The van der Waals surface area contributed by atoms with Gasteiger partial charge in [-0.25, -0.2) is 8.42 Å². The molecule has 0 amide bonds. The summed E-state index contributed by atoms with van der Waals surface area (Å²) < 4.78 is 28.3. The van der Waals surface area contributed by atoms with E-state index in [1.165, 1.54) is 95.5 Å². The lowest BCUT2D eigenvalue weighted by Crippen LogP contribution is -3.00. The minimum Gasteiger partial charge on any atom is -1.00 e. The van der Waals surface area contributed by atoms with E-state index in [1.54, 1.807) is 4.31 Å². The van der Waals surface area contributed by atoms with Gasteiger partial charge in [0.15, 0.2) is 0 Å². The maximum Gasteiger partial charge on any atom is 0.214 e. The van der Waals surface area contributed by atoms with Crippen molar-refractivity contribution in [3.63, 3.8) is 0 Å². The van der Waals surface area contributed by atoms with Crippen LogP contribution in [0.25, 0.3) is 0 Å². The number of likely N-dealkylation sites (N-methyl/N-ethyl adjacent to an activating group) is 1. The summed E-state index contributed by atoms with van der Waals surface area (Å²) in [5.41, 5.74) is 1.33. The summed E-state index contributed by atoms with van der Waals surface area (Å²) in [7, 11) is -0.846. The first-order chi connectivity index (χ1) is 17.0. The first-order valence-electron chi connectivity index (χ1n) is 14.8. The number of rotatable bonds is 20. The van der Waals surface area contributed by atoms with Gasteiger partial charge in [0.05, 0.1) is 39.0 Å². The summed E-state index contributed by atoms with van der Waals surface area (Å²) in [6.45, 7) is 6.37. The van der Waals surface area contributed by atoms with E-state index in [4.69, 9.17) is 0 Å². The van der Waals surface area contributed by atoms with Gasteiger partial charge in [-0.2, -0.15) is 4.31 Å². The van der Waals surface area contributed by atoms with Gasteiger partial charge in [-0.1, -0.05) is 134 Å². The van der Waals surface area contributed by atoms with Crippen molar-refractivity contribution >= 4 is 10.0 Å². The van der Waals surface area contributed by atoms with Crippen LogP contribution in [-0.2, 0) is 16.6 Å². The first-order valence-corrected chi connectivity index (χ1v) is 16.4. The van der Waals surface area contributed by atoms with Crippen LogP contribution in [0.3, 0.4) is 0 Å². The third-order valence-electron chi connectivity index (χ3n) is 7.83. The second-order valence-corrected chi connectivity index (χ2v) is 13.3. The zero-order chi connectivity index (χ0) is 25.2. The predicted molar refractivity (Wildman–Crippen MR) is 151 cm³/mol. The molecule has 0 spiro atoms. The Bertz CT molecular complexity index is 749. The maximum absolute atomic E-state index is 12.8. The molecule has 4 nitrogen and oxygen atoms in total. The van der Waals surface area contributed by atoms with Gasteiger partial charge in [0.25, 0.3) is 0 Å². The zero-order valence-electron chi connectivity index (χ0n) is 23.4. The van der Waals surface area contributed by atoms with Crippen molar-refractivity contribution in [2.24, 2.45) is 0 Å². The summed E-state index contributed by atoms with van der Waals surface area (Å²) in [6.07, 6.45) is 21.0. The summed E-state index contributed by atoms with van der Waals surface area (Å²) in [6, 6.07) is 10.6. The van der Waals surface area contributed by atoms with Crippen LogP contribution in [-0.4, -0.2) is 56.2 Å². The summed E-state index contributed by atoms with van der Waals surface area (Å²) >= 11 is 0. The van der Waals surface area contributed by atoms with Crippen LogP contribution in [0.15, 0.2) is 30.3 Å². The maximum atomic E-state index is 12.8. The predicted octanol–water partition coefficient (Wildman–Crippen LogP) is 4.54. The standard InChI is InChI=1S/C30H55N2O2S.BrH/c1-3-4-5-6-7-8-9-10-11-12-13-14-15-16-17-21-28-35(33,34)31-24-26-32(2,27-25-31)29-30-22-19-18-20-23-30;/h18-20,22-23H,3-17,21,24-29H2,1-2H3;1H/q+1;/p-1. The number of nitrogens with zero attached hydrogens (tertiary/aromatic N) is 2. The third kappa shape index (κ3) is 14.5. The van der Waals surface area contributed by atoms with E-state index in [2.05, 4.69) is 38.2 Å². The molecule has 1 aromatic rings. The molecule has 2 rings (SSSR count). The van der Waals surface area contributed by atoms with Crippen molar-refractivity contribution < 1.29 is 29.9 Å². The van der Waals surface area contributed by atoms with Gasteiger partial charge in [-0.15, -0.1) is 0 Å². The Morgan fingerprint density at radius 3 is 1.56 bits per heavy atom. The molecule has 0 atom stereocenters. The lowest BCUT2D eigenvalue weighted by molar-refractivity contribution is -0.925. The highest BCUT2D eigenvalue weighted by Crippen LogP contribution is 2.19. The minimum absolute atomic E-state index is 0. The fourth-order valence-corrected chi connectivity index (χ4v) is 6.90. The fraction of sp³-hybridized carbons (Fsp3) is 0.800. The second-order valence-electron chi connectivity index (χ2n) is 11.2. The van der Waals surface area contributed by atoms with Crippen molar-refractivity contribution in [2.75, 3.05) is 39.0 Å². The van der Waals surface area contributed by atoms with E-state index >= 15 is 0 Å². The SMILES string of the molecule is CCCCCCCCCCCCCCCCCCS(=O)(=O)N1CC[N+](C)(Cc2ccccc2)CC1.[Br-]. The van der Waals surface area contributed by atoms with Crippen molar-refractivity contribution in [3.05, 3.63) is 35.9 Å². The van der Waals surface area contributed by atoms with Gasteiger partial charge >= 0.3 is 0 Å². The molecule has 1 fully saturated rings. The smallest absolute Gasteiger partial charge is 0.214 e. The van der Waals surface area contributed by atoms with Crippen LogP contribution < -0.4 is 17.0 Å². The molecule has 0 radical (unpaired) electrons. The molecule has 210 valence electrons. The number of unbranched alkanes of at least 4 members (excludes halogenated alkanes) is 15. The number of quaternary nitrogens is 1. The molecule has 0 aromatic heterocycles. The number of halogens is 1. The molecule has 0 unspecified atom stereocenters. The lowest BCUT2D eigenvalue weighted by Gasteiger charge is -2.41. The van der Waals surface area contributed by atoms with Crippen LogP contribution in [0.5, 0.6) is 0 Å². The highest BCUT2D eigenvalue weighted by Gasteiger charge is 2.34. The molecule has 0 N–H and O–H groups in total. The number of hydrogen-bond acceptors (Lipinski definition) is 2. The molecule has 0 saturated carbocycles. The molecule has 0 bridgehead atoms. The van der Waals surface area contributed by atoms with Crippen molar-refractivity contribution in [1.29, 1.82) is 0 Å². The van der Waals surface area contributed by atoms with Gasteiger partial charge in [0.1, 0.15) is 6.54 Å². The van der Waals surface area contributed by atoms with Crippen molar-refractivity contribution in [1.82, 2.24) is 4.31 Å². The highest BCUT2D eigenvalue weighted by molar-refractivity contribution is 7.89. The fourth-order valence-electron chi connectivity index (χ4n) is 5.35. The van der Waals surface area contributed by atoms with Crippen molar-refractivity contribution in [3.8, 4) is 0 Å². The molecular formula is C30H55BrN2O2S. The summed E-state index contributed by atoms with van der Waals surface area (Å²) in [4.78, 5) is 0. The lowest BCUT2D eigenvalue weighted by atomic mass is 10.0. The molecule has 1 aromatic carbocycles. The molecule has 1 aliphatic rings. The summed E-state index contributed by atoms with van der Waals surface area (Å²) in [5.74, 6) is 0.327.